The van der Waals surface area contributed by atoms with Crippen molar-refractivity contribution in [3.63, 3.8) is 0 Å². The highest BCUT2D eigenvalue weighted by atomic mass is 35.5. The van der Waals surface area contributed by atoms with E-state index in [9.17, 15) is 14.9 Å². The molecule has 1 amide bonds. The highest BCUT2D eigenvalue weighted by Gasteiger charge is 2.27. The van der Waals surface area contributed by atoms with Crippen LogP contribution in [-0.2, 0) is 0 Å². The van der Waals surface area contributed by atoms with Crippen molar-refractivity contribution in [1.29, 1.82) is 0 Å². The average Bonchev–Trinajstić information content (AvgIpc) is 2.46. The molecule has 0 radical (unpaired) electrons. The molecule has 1 aromatic carbocycles. The van der Waals surface area contributed by atoms with Crippen molar-refractivity contribution in [2.75, 3.05) is 26.2 Å². The van der Waals surface area contributed by atoms with E-state index in [1.807, 2.05) is 0 Å². The Morgan fingerprint density at radius 3 is 2.43 bits per heavy atom. The standard InChI is InChI=1S/C14H18ClN3O3/c1-10(2)16-6-8-17(9-7-16)14(19)11-4-3-5-12(13(11)15)18(20)21/h3-5,10H,6-9H2,1-2H3. The molecule has 0 saturated carbocycles. The van der Waals surface area contributed by atoms with Crippen LogP contribution in [0.3, 0.4) is 0 Å². The molecule has 7 heteroatoms. The molecule has 1 aromatic rings. The van der Waals surface area contributed by atoms with E-state index in [1.54, 1.807) is 4.90 Å². The Morgan fingerprint density at radius 2 is 1.90 bits per heavy atom. The van der Waals surface area contributed by atoms with Crippen LogP contribution in [0.25, 0.3) is 0 Å². The number of hydrogen-bond donors (Lipinski definition) is 0. The van der Waals surface area contributed by atoms with E-state index in [0.29, 0.717) is 19.1 Å². The molecule has 6 nitrogen and oxygen atoms in total. The number of nitro groups is 1. The Labute approximate surface area is 128 Å². The SMILES string of the molecule is CC(C)N1CCN(C(=O)c2cccc([N+](=O)[O-])c2Cl)CC1. The first-order valence-corrected chi connectivity index (χ1v) is 7.26. The van der Waals surface area contributed by atoms with Gasteiger partial charge in [0.15, 0.2) is 0 Å². The molecule has 0 spiro atoms. The van der Waals surface area contributed by atoms with Gasteiger partial charge in [-0.25, -0.2) is 0 Å². The number of nitro benzene ring substituents is 1. The van der Waals surface area contributed by atoms with Crippen molar-refractivity contribution in [3.05, 3.63) is 38.9 Å². The van der Waals surface area contributed by atoms with Crippen LogP contribution < -0.4 is 0 Å². The van der Waals surface area contributed by atoms with Crippen molar-refractivity contribution in [2.24, 2.45) is 0 Å². The van der Waals surface area contributed by atoms with Crippen LogP contribution in [0.2, 0.25) is 5.02 Å². The molecule has 0 aromatic heterocycles. The van der Waals surface area contributed by atoms with Gasteiger partial charge in [-0.1, -0.05) is 17.7 Å². The van der Waals surface area contributed by atoms with Crippen LogP contribution in [0, 0.1) is 10.1 Å². The molecule has 1 fully saturated rings. The largest absolute Gasteiger partial charge is 0.336 e. The smallest absolute Gasteiger partial charge is 0.288 e. The third-order valence-corrected chi connectivity index (χ3v) is 4.13. The van der Waals surface area contributed by atoms with E-state index in [4.69, 9.17) is 11.6 Å². The van der Waals surface area contributed by atoms with Crippen molar-refractivity contribution in [2.45, 2.75) is 19.9 Å². The fourth-order valence-electron chi connectivity index (χ4n) is 2.44. The number of nitrogens with zero attached hydrogens (tertiary/aromatic N) is 3. The van der Waals surface area contributed by atoms with E-state index in [1.165, 1.54) is 18.2 Å². The molecule has 0 unspecified atom stereocenters. The van der Waals surface area contributed by atoms with Crippen LogP contribution in [0.1, 0.15) is 24.2 Å². The maximum absolute atomic E-state index is 12.5. The summed E-state index contributed by atoms with van der Waals surface area (Å²) < 4.78 is 0. The summed E-state index contributed by atoms with van der Waals surface area (Å²) >= 11 is 6.00. The van der Waals surface area contributed by atoms with E-state index in [-0.39, 0.29) is 22.2 Å². The Morgan fingerprint density at radius 1 is 1.29 bits per heavy atom. The molecule has 0 aliphatic carbocycles. The summed E-state index contributed by atoms with van der Waals surface area (Å²) in [5.74, 6) is -0.243. The maximum atomic E-state index is 12.5. The summed E-state index contributed by atoms with van der Waals surface area (Å²) in [4.78, 5) is 26.8. The normalized spacial score (nSPS) is 16.3. The van der Waals surface area contributed by atoms with Gasteiger partial charge in [-0.3, -0.25) is 19.8 Å². The molecule has 0 bridgehead atoms. The highest BCUT2D eigenvalue weighted by Crippen LogP contribution is 2.28. The second kappa shape index (κ2) is 6.41. The minimum atomic E-state index is -0.574. The van der Waals surface area contributed by atoms with E-state index in [0.717, 1.165) is 13.1 Å². The molecule has 0 N–H and O–H groups in total. The van der Waals surface area contributed by atoms with Crippen LogP contribution in [-0.4, -0.2) is 52.9 Å². The second-order valence-electron chi connectivity index (χ2n) is 5.32. The first-order chi connectivity index (χ1) is 9.91. The minimum Gasteiger partial charge on any atom is -0.336 e. The predicted molar refractivity (Wildman–Crippen MR) is 80.7 cm³/mol. The van der Waals surface area contributed by atoms with Gasteiger partial charge in [-0.2, -0.15) is 0 Å². The lowest BCUT2D eigenvalue weighted by Gasteiger charge is -2.37. The maximum Gasteiger partial charge on any atom is 0.288 e. The van der Waals surface area contributed by atoms with Gasteiger partial charge in [0.1, 0.15) is 5.02 Å². The van der Waals surface area contributed by atoms with Gasteiger partial charge in [0, 0.05) is 38.3 Å². The molecule has 2 rings (SSSR count). The van der Waals surface area contributed by atoms with Gasteiger partial charge in [-0.15, -0.1) is 0 Å². The molecule has 1 aliphatic heterocycles. The molecule has 1 aliphatic rings. The first-order valence-electron chi connectivity index (χ1n) is 6.88. The number of rotatable bonds is 3. The zero-order chi connectivity index (χ0) is 15.6. The number of benzene rings is 1. The van der Waals surface area contributed by atoms with Gasteiger partial charge >= 0.3 is 0 Å². The zero-order valence-corrected chi connectivity index (χ0v) is 12.8. The summed E-state index contributed by atoms with van der Waals surface area (Å²) in [6, 6.07) is 4.77. The number of hydrogen-bond acceptors (Lipinski definition) is 4. The summed E-state index contributed by atoms with van der Waals surface area (Å²) in [6.07, 6.45) is 0. The average molecular weight is 312 g/mol. The van der Waals surface area contributed by atoms with Gasteiger partial charge in [-0.05, 0) is 19.9 Å². The molecule has 21 heavy (non-hydrogen) atoms. The van der Waals surface area contributed by atoms with Crippen molar-refractivity contribution in [3.8, 4) is 0 Å². The molecule has 1 heterocycles. The van der Waals surface area contributed by atoms with E-state index < -0.39 is 4.92 Å². The third kappa shape index (κ3) is 3.33. The van der Waals surface area contributed by atoms with Crippen LogP contribution >= 0.6 is 11.6 Å². The Hall–Kier alpha value is -1.66. The number of amides is 1. The zero-order valence-electron chi connectivity index (χ0n) is 12.1. The number of carbonyl (C=O) groups excluding carboxylic acids is 1. The molecular weight excluding hydrogens is 294 g/mol. The Kier molecular flexibility index (Phi) is 4.80. The van der Waals surface area contributed by atoms with E-state index >= 15 is 0 Å². The van der Waals surface area contributed by atoms with Crippen LogP contribution in [0.5, 0.6) is 0 Å². The van der Waals surface area contributed by atoms with Crippen LogP contribution in [0.4, 0.5) is 5.69 Å². The van der Waals surface area contributed by atoms with Gasteiger partial charge in [0.05, 0.1) is 10.5 Å². The lowest BCUT2D eigenvalue weighted by molar-refractivity contribution is -0.384. The van der Waals surface area contributed by atoms with Gasteiger partial charge < -0.3 is 4.90 Å². The van der Waals surface area contributed by atoms with Gasteiger partial charge in [0.25, 0.3) is 11.6 Å². The Balaban J connectivity index is 2.15. The lowest BCUT2D eigenvalue weighted by atomic mass is 10.1. The fourth-order valence-corrected chi connectivity index (χ4v) is 2.71. The lowest BCUT2D eigenvalue weighted by Crippen LogP contribution is -2.50. The van der Waals surface area contributed by atoms with Crippen LogP contribution in [0.15, 0.2) is 18.2 Å². The summed E-state index contributed by atoms with van der Waals surface area (Å²) in [7, 11) is 0. The quantitative estimate of drug-likeness (QED) is 0.635. The summed E-state index contributed by atoms with van der Waals surface area (Å²) in [5, 5.41) is 10.8. The first kappa shape index (κ1) is 15.7. The van der Waals surface area contributed by atoms with Crippen molar-refractivity contribution >= 4 is 23.2 Å². The predicted octanol–water partition coefficient (Wildman–Crippen LogP) is 2.41. The highest BCUT2D eigenvalue weighted by molar-refractivity contribution is 6.35. The molecular formula is C14H18ClN3O3. The monoisotopic (exact) mass is 311 g/mol. The molecule has 0 atom stereocenters. The minimum absolute atomic E-state index is 0.0845. The fraction of sp³-hybridized carbons (Fsp3) is 0.500. The summed E-state index contributed by atoms with van der Waals surface area (Å²) in [5.41, 5.74) is -0.0350. The van der Waals surface area contributed by atoms with Crippen molar-refractivity contribution < 1.29 is 9.72 Å². The Bertz CT molecular complexity index is 554. The molecule has 114 valence electrons. The molecule has 1 saturated heterocycles. The van der Waals surface area contributed by atoms with Gasteiger partial charge in [0.2, 0.25) is 0 Å². The number of carbonyl (C=O) groups is 1. The topological polar surface area (TPSA) is 66.7 Å². The van der Waals surface area contributed by atoms with Crippen molar-refractivity contribution in [1.82, 2.24) is 9.80 Å². The third-order valence-electron chi connectivity index (χ3n) is 3.74. The summed E-state index contributed by atoms with van der Waals surface area (Å²) in [6.45, 7) is 7.06. The number of halogens is 1. The second-order valence-corrected chi connectivity index (χ2v) is 5.70. The van der Waals surface area contributed by atoms with E-state index in [2.05, 4.69) is 18.7 Å². The number of piperazine rings is 1.